The Morgan fingerprint density at radius 3 is 2.79 bits per heavy atom. The molecule has 1 saturated heterocycles. The fraction of sp³-hybridized carbons (Fsp3) is 0.846. The Kier molecular flexibility index (Phi) is 5.15. The van der Waals surface area contributed by atoms with Gasteiger partial charge in [-0.1, -0.05) is 6.92 Å². The molecule has 0 spiro atoms. The van der Waals surface area contributed by atoms with Gasteiger partial charge in [0.25, 0.3) is 5.95 Å². The zero-order valence-electron chi connectivity index (χ0n) is 12.1. The van der Waals surface area contributed by atoms with E-state index in [-0.39, 0.29) is 0 Å². The highest BCUT2D eigenvalue weighted by molar-refractivity contribution is 5.26. The molecule has 2 rings (SSSR count). The zero-order valence-corrected chi connectivity index (χ0v) is 12.1. The molecule has 0 N–H and O–H groups in total. The molecule has 6 nitrogen and oxygen atoms in total. The van der Waals surface area contributed by atoms with E-state index >= 15 is 0 Å². The van der Waals surface area contributed by atoms with E-state index in [1.807, 2.05) is 7.05 Å². The Balaban J connectivity index is 1.86. The van der Waals surface area contributed by atoms with Crippen LogP contribution in [0, 0.1) is 0 Å². The van der Waals surface area contributed by atoms with Crippen LogP contribution in [0.5, 0.6) is 0 Å². The monoisotopic (exact) mass is 268 g/mol. The zero-order chi connectivity index (χ0) is 13.7. The largest absolute Gasteiger partial charge is 0.379 e. The number of nitrogens with zero attached hydrogens (tertiary/aromatic N) is 4. The molecule has 2 heterocycles. The van der Waals surface area contributed by atoms with Crippen LogP contribution in [0.15, 0.2) is 4.52 Å². The van der Waals surface area contributed by atoms with Crippen LogP contribution in [-0.2, 0) is 11.2 Å². The van der Waals surface area contributed by atoms with Crippen LogP contribution in [0.25, 0.3) is 0 Å². The van der Waals surface area contributed by atoms with Gasteiger partial charge in [0.05, 0.1) is 13.2 Å². The van der Waals surface area contributed by atoms with Crippen molar-refractivity contribution in [1.29, 1.82) is 0 Å². The number of hydrogen-bond acceptors (Lipinski definition) is 6. The van der Waals surface area contributed by atoms with E-state index in [9.17, 15) is 0 Å². The third-order valence-corrected chi connectivity index (χ3v) is 3.47. The summed E-state index contributed by atoms with van der Waals surface area (Å²) in [6.45, 7) is 8.90. The lowest BCUT2D eigenvalue weighted by molar-refractivity contribution is 0.0217. The van der Waals surface area contributed by atoms with Gasteiger partial charge in [0.1, 0.15) is 0 Å². The lowest BCUT2D eigenvalue weighted by Gasteiger charge is -2.34. The van der Waals surface area contributed by atoms with Crippen LogP contribution < -0.4 is 4.90 Å². The van der Waals surface area contributed by atoms with Crippen molar-refractivity contribution in [3.63, 3.8) is 0 Å². The number of aromatic nitrogens is 2. The van der Waals surface area contributed by atoms with Gasteiger partial charge in [-0.3, -0.25) is 4.90 Å². The maximum atomic E-state index is 5.37. The highest BCUT2D eigenvalue weighted by Gasteiger charge is 2.20. The molecule has 1 fully saturated rings. The van der Waals surface area contributed by atoms with Gasteiger partial charge < -0.3 is 14.2 Å². The number of hydrogen-bond donors (Lipinski definition) is 0. The predicted molar refractivity (Wildman–Crippen MR) is 73.4 cm³/mol. The number of anilines is 1. The van der Waals surface area contributed by atoms with Gasteiger partial charge in [0.15, 0.2) is 0 Å². The van der Waals surface area contributed by atoms with Crippen molar-refractivity contribution in [3.05, 3.63) is 5.89 Å². The lowest BCUT2D eigenvalue weighted by atomic mass is 10.2. The predicted octanol–water partition coefficient (Wildman–Crippen LogP) is 1.18. The van der Waals surface area contributed by atoms with Gasteiger partial charge in [-0.25, -0.2) is 0 Å². The summed E-state index contributed by atoms with van der Waals surface area (Å²) < 4.78 is 10.6. The van der Waals surface area contributed by atoms with Gasteiger partial charge in [-0.15, -0.1) is 0 Å². The van der Waals surface area contributed by atoms with Crippen molar-refractivity contribution < 1.29 is 9.26 Å². The summed E-state index contributed by atoms with van der Waals surface area (Å²) in [5, 5.41) is 4.03. The SMILES string of the molecule is CCCc1nc(N(C)CC(C)N2CCOCC2)no1. The molecule has 1 unspecified atom stereocenters. The van der Waals surface area contributed by atoms with Crippen molar-refractivity contribution in [1.82, 2.24) is 15.0 Å². The Hall–Kier alpha value is -1.14. The molecule has 1 aromatic heterocycles. The van der Waals surface area contributed by atoms with Gasteiger partial charge in [-0.2, -0.15) is 4.98 Å². The first-order chi connectivity index (χ1) is 9.20. The van der Waals surface area contributed by atoms with Crippen LogP contribution in [0.2, 0.25) is 0 Å². The molecule has 6 heteroatoms. The Morgan fingerprint density at radius 2 is 2.11 bits per heavy atom. The van der Waals surface area contributed by atoms with Crippen LogP contribution in [0.3, 0.4) is 0 Å². The lowest BCUT2D eigenvalue weighted by Crippen LogP contribution is -2.46. The summed E-state index contributed by atoms with van der Waals surface area (Å²) in [5.74, 6) is 1.41. The number of morpholine rings is 1. The molecule has 1 atom stereocenters. The van der Waals surface area contributed by atoms with Crippen LogP contribution in [0.1, 0.15) is 26.2 Å². The van der Waals surface area contributed by atoms with Gasteiger partial charge in [0.2, 0.25) is 5.89 Å². The summed E-state index contributed by atoms with van der Waals surface area (Å²) in [7, 11) is 2.01. The number of aryl methyl sites for hydroxylation is 1. The maximum Gasteiger partial charge on any atom is 0.265 e. The molecule has 0 aliphatic carbocycles. The molecule has 108 valence electrons. The van der Waals surface area contributed by atoms with Crippen molar-refractivity contribution >= 4 is 5.95 Å². The first-order valence-corrected chi connectivity index (χ1v) is 7.06. The molecule has 0 aromatic carbocycles. The second kappa shape index (κ2) is 6.86. The minimum absolute atomic E-state index is 0.460. The highest BCUT2D eigenvalue weighted by atomic mass is 16.5. The molecule has 1 aliphatic heterocycles. The Bertz CT molecular complexity index is 376. The minimum Gasteiger partial charge on any atom is -0.379 e. The third-order valence-electron chi connectivity index (χ3n) is 3.47. The topological polar surface area (TPSA) is 54.6 Å². The average molecular weight is 268 g/mol. The first kappa shape index (κ1) is 14.3. The number of likely N-dealkylation sites (N-methyl/N-ethyl adjacent to an activating group) is 1. The molecular formula is C13H24N4O2. The van der Waals surface area contributed by atoms with Crippen LogP contribution in [0.4, 0.5) is 5.95 Å². The summed E-state index contributed by atoms with van der Waals surface area (Å²) in [5.41, 5.74) is 0. The highest BCUT2D eigenvalue weighted by Crippen LogP contribution is 2.11. The minimum atomic E-state index is 0.460. The van der Waals surface area contributed by atoms with Gasteiger partial charge in [-0.05, 0) is 18.5 Å². The summed E-state index contributed by atoms with van der Waals surface area (Å²) in [4.78, 5) is 8.90. The van der Waals surface area contributed by atoms with Crippen molar-refractivity contribution in [2.45, 2.75) is 32.7 Å². The van der Waals surface area contributed by atoms with E-state index in [0.29, 0.717) is 12.0 Å². The van der Waals surface area contributed by atoms with E-state index in [1.54, 1.807) is 0 Å². The van der Waals surface area contributed by atoms with E-state index in [2.05, 4.69) is 33.8 Å². The molecule has 0 amide bonds. The molecule has 1 aliphatic rings. The standard InChI is InChI=1S/C13H24N4O2/c1-4-5-12-14-13(15-19-12)16(3)10-11(2)17-6-8-18-9-7-17/h11H,4-10H2,1-3H3. The van der Waals surface area contributed by atoms with Gasteiger partial charge >= 0.3 is 0 Å². The van der Waals surface area contributed by atoms with E-state index < -0.39 is 0 Å². The maximum absolute atomic E-state index is 5.37. The molecule has 0 saturated carbocycles. The third kappa shape index (κ3) is 3.91. The fourth-order valence-corrected chi connectivity index (χ4v) is 2.33. The first-order valence-electron chi connectivity index (χ1n) is 7.06. The summed E-state index contributed by atoms with van der Waals surface area (Å²) >= 11 is 0. The molecule has 1 aromatic rings. The summed E-state index contributed by atoms with van der Waals surface area (Å²) in [6.07, 6.45) is 1.87. The summed E-state index contributed by atoms with van der Waals surface area (Å²) in [6, 6.07) is 0.460. The van der Waals surface area contributed by atoms with E-state index in [1.165, 1.54) is 0 Å². The average Bonchev–Trinajstić information content (AvgIpc) is 2.89. The normalized spacial score (nSPS) is 18.5. The molecule has 19 heavy (non-hydrogen) atoms. The smallest absolute Gasteiger partial charge is 0.265 e. The molecule has 0 bridgehead atoms. The number of rotatable bonds is 6. The van der Waals surface area contributed by atoms with E-state index in [0.717, 1.165) is 51.6 Å². The molecular weight excluding hydrogens is 244 g/mol. The quantitative estimate of drug-likeness (QED) is 0.772. The number of ether oxygens (including phenoxy) is 1. The van der Waals surface area contributed by atoms with Crippen molar-refractivity contribution in [2.24, 2.45) is 0 Å². The van der Waals surface area contributed by atoms with E-state index in [4.69, 9.17) is 9.26 Å². The second-order valence-corrected chi connectivity index (χ2v) is 5.12. The van der Waals surface area contributed by atoms with Crippen LogP contribution >= 0.6 is 0 Å². The fourth-order valence-electron chi connectivity index (χ4n) is 2.33. The Morgan fingerprint density at radius 1 is 1.37 bits per heavy atom. The van der Waals surface area contributed by atoms with Crippen molar-refractivity contribution in [3.8, 4) is 0 Å². The Labute approximate surface area is 114 Å². The molecule has 0 radical (unpaired) electrons. The van der Waals surface area contributed by atoms with Crippen molar-refractivity contribution in [2.75, 3.05) is 44.8 Å². The second-order valence-electron chi connectivity index (χ2n) is 5.12. The van der Waals surface area contributed by atoms with Crippen LogP contribution in [-0.4, -0.2) is 61.0 Å². The van der Waals surface area contributed by atoms with Gasteiger partial charge in [0, 0.05) is 39.1 Å².